The molecule has 1 aromatic rings. The molecule has 120 valence electrons. The van der Waals surface area contributed by atoms with Crippen LogP contribution in [0.25, 0.3) is 0 Å². The second-order valence-electron chi connectivity index (χ2n) is 5.18. The number of carboxylic acid groups (broad SMARTS) is 1. The standard InChI is InChI=1S/C12H15N2O7P/c1-6-5-14(12(18)13-9(6)15)7-2-3-8(4-7)21-11(10(16)17)22(19)20/h5,7-8,11H,2-4H2,1H3,(H,16,17)(H,13,15,18). The summed E-state index contributed by atoms with van der Waals surface area (Å²) < 4.78 is 28.2. The van der Waals surface area contributed by atoms with Crippen molar-refractivity contribution in [3.63, 3.8) is 0 Å². The van der Waals surface area contributed by atoms with Crippen molar-refractivity contribution in [3.8, 4) is 0 Å². The Morgan fingerprint density at radius 2 is 2.14 bits per heavy atom. The molecule has 1 fully saturated rings. The van der Waals surface area contributed by atoms with E-state index in [9.17, 15) is 23.5 Å². The molecule has 0 aromatic carbocycles. The Morgan fingerprint density at radius 3 is 2.73 bits per heavy atom. The second kappa shape index (κ2) is 6.41. The van der Waals surface area contributed by atoms with E-state index in [2.05, 4.69) is 4.98 Å². The number of aliphatic carboxylic acids is 1. The van der Waals surface area contributed by atoms with E-state index in [1.807, 2.05) is 0 Å². The first-order valence-electron chi connectivity index (χ1n) is 6.63. The summed E-state index contributed by atoms with van der Waals surface area (Å²) in [4.78, 5) is 36.1. The normalized spacial score (nSPS) is 22.4. The van der Waals surface area contributed by atoms with Crippen molar-refractivity contribution in [2.75, 3.05) is 0 Å². The molecular weight excluding hydrogens is 315 g/mol. The molecule has 0 radical (unpaired) electrons. The zero-order valence-corrected chi connectivity index (χ0v) is 12.6. The smallest absolute Gasteiger partial charge is 0.357 e. The molecule has 0 aliphatic heterocycles. The van der Waals surface area contributed by atoms with Crippen LogP contribution in [0.15, 0.2) is 15.8 Å². The minimum Gasteiger partial charge on any atom is -0.479 e. The van der Waals surface area contributed by atoms with Gasteiger partial charge in [-0.25, -0.2) is 18.7 Å². The zero-order valence-electron chi connectivity index (χ0n) is 11.7. The number of ether oxygens (including phenoxy) is 1. The highest BCUT2D eigenvalue weighted by atomic mass is 31.1. The number of aryl methyl sites for hydroxylation is 1. The van der Waals surface area contributed by atoms with E-state index < -0.39 is 36.8 Å². The van der Waals surface area contributed by atoms with E-state index in [1.54, 1.807) is 6.92 Å². The number of nitrogens with zero attached hydrogens (tertiary/aromatic N) is 1. The Bertz CT molecular complexity index is 755. The van der Waals surface area contributed by atoms with E-state index in [0.29, 0.717) is 24.8 Å². The van der Waals surface area contributed by atoms with Gasteiger partial charge in [-0.05, 0) is 26.2 Å². The molecule has 1 aromatic heterocycles. The van der Waals surface area contributed by atoms with Crippen LogP contribution in [0.1, 0.15) is 30.9 Å². The number of aromatic nitrogens is 2. The first-order valence-corrected chi connectivity index (χ1v) is 7.88. The van der Waals surface area contributed by atoms with E-state index >= 15 is 0 Å². The number of hydrogen-bond donors (Lipinski definition) is 2. The number of rotatable bonds is 5. The van der Waals surface area contributed by atoms with Crippen LogP contribution >= 0.6 is 7.68 Å². The average molecular weight is 330 g/mol. The molecule has 3 atom stereocenters. The summed E-state index contributed by atoms with van der Waals surface area (Å²) in [5.74, 6) is -3.44. The van der Waals surface area contributed by atoms with Gasteiger partial charge in [0.2, 0.25) is 0 Å². The van der Waals surface area contributed by atoms with Crippen molar-refractivity contribution >= 4 is 13.6 Å². The fourth-order valence-electron chi connectivity index (χ4n) is 2.53. The molecule has 9 nitrogen and oxygen atoms in total. The van der Waals surface area contributed by atoms with Gasteiger partial charge in [0.1, 0.15) is 0 Å². The maximum absolute atomic E-state index is 11.8. The predicted octanol–water partition coefficient (Wildman–Crippen LogP) is 0.539. The molecule has 1 aliphatic rings. The maximum Gasteiger partial charge on any atom is 0.357 e. The van der Waals surface area contributed by atoms with Crippen LogP contribution in [0.3, 0.4) is 0 Å². The van der Waals surface area contributed by atoms with Gasteiger partial charge in [-0.15, -0.1) is 0 Å². The molecule has 0 saturated heterocycles. The monoisotopic (exact) mass is 330 g/mol. The molecule has 1 aliphatic carbocycles. The Kier molecular flexibility index (Phi) is 4.77. The van der Waals surface area contributed by atoms with Gasteiger partial charge >= 0.3 is 19.3 Å². The molecule has 10 heteroatoms. The summed E-state index contributed by atoms with van der Waals surface area (Å²) in [6.45, 7) is 1.57. The Labute approximate surface area is 124 Å². The van der Waals surface area contributed by atoms with Crippen LogP contribution < -0.4 is 11.2 Å². The highest BCUT2D eigenvalue weighted by molar-refractivity contribution is 7.32. The van der Waals surface area contributed by atoms with Crippen LogP contribution in [-0.2, 0) is 18.7 Å². The SMILES string of the molecule is Cc1cn(C2CCC(OC(C(=O)O)P(=O)=O)C2)c(=O)[nH]c1=O. The summed E-state index contributed by atoms with van der Waals surface area (Å²) in [5, 5.41) is 8.79. The molecule has 0 bridgehead atoms. The first kappa shape index (κ1) is 16.4. The lowest BCUT2D eigenvalue weighted by Crippen LogP contribution is -2.33. The van der Waals surface area contributed by atoms with Gasteiger partial charge in [-0.1, -0.05) is 0 Å². The van der Waals surface area contributed by atoms with Crippen molar-refractivity contribution in [1.29, 1.82) is 0 Å². The number of H-pyrrole nitrogens is 1. The van der Waals surface area contributed by atoms with Gasteiger partial charge in [0.15, 0.2) is 0 Å². The van der Waals surface area contributed by atoms with Crippen molar-refractivity contribution in [3.05, 3.63) is 32.6 Å². The van der Waals surface area contributed by atoms with Crippen LogP contribution in [0.5, 0.6) is 0 Å². The largest absolute Gasteiger partial charge is 0.479 e. The number of aromatic amines is 1. The number of nitrogens with one attached hydrogen (secondary N) is 1. The first-order chi connectivity index (χ1) is 10.3. The van der Waals surface area contributed by atoms with Crippen molar-refractivity contribution < 1.29 is 23.8 Å². The Morgan fingerprint density at radius 1 is 1.45 bits per heavy atom. The van der Waals surface area contributed by atoms with Crippen LogP contribution in [-0.4, -0.2) is 32.6 Å². The third-order valence-corrected chi connectivity index (χ3v) is 4.35. The molecule has 1 heterocycles. The molecule has 2 rings (SSSR count). The van der Waals surface area contributed by atoms with Crippen molar-refractivity contribution in [2.24, 2.45) is 0 Å². The lowest BCUT2D eigenvalue weighted by molar-refractivity contribution is -0.147. The summed E-state index contributed by atoms with van der Waals surface area (Å²) in [6.07, 6.45) is 2.13. The lowest BCUT2D eigenvalue weighted by atomic mass is 10.2. The van der Waals surface area contributed by atoms with Crippen molar-refractivity contribution in [1.82, 2.24) is 9.55 Å². The summed E-state index contributed by atoms with van der Waals surface area (Å²) in [5.41, 5.74) is -0.623. The quantitative estimate of drug-likeness (QED) is 0.752. The van der Waals surface area contributed by atoms with Gasteiger partial charge in [-0.3, -0.25) is 14.3 Å². The summed E-state index contributed by atoms with van der Waals surface area (Å²) >= 11 is 0. The van der Waals surface area contributed by atoms with Gasteiger partial charge in [0.25, 0.3) is 11.4 Å². The zero-order chi connectivity index (χ0) is 16.4. The minimum absolute atomic E-state index is 0.271. The van der Waals surface area contributed by atoms with Crippen LogP contribution in [0, 0.1) is 6.92 Å². The van der Waals surface area contributed by atoms with Gasteiger partial charge < -0.3 is 9.84 Å². The highest BCUT2D eigenvalue weighted by Crippen LogP contribution is 2.33. The predicted molar refractivity (Wildman–Crippen MR) is 73.5 cm³/mol. The van der Waals surface area contributed by atoms with E-state index in [-0.39, 0.29) is 6.04 Å². The van der Waals surface area contributed by atoms with E-state index in [0.717, 1.165) is 0 Å². The van der Waals surface area contributed by atoms with Gasteiger partial charge in [0.05, 0.1) is 6.10 Å². The molecular formula is C12H15N2O7P. The highest BCUT2D eigenvalue weighted by Gasteiger charge is 2.34. The second-order valence-corrected chi connectivity index (χ2v) is 6.22. The molecule has 1 saturated carbocycles. The van der Waals surface area contributed by atoms with Crippen LogP contribution in [0.2, 0.25) is 0 Å². The van der Waals surface area contributed by atoms with E-state index in [1.165, 1.54) is 10.8 Å². The van der Waals surface area contributed by atoms with Gasteiger partial charge in [0, 0.05) is 17.8 Å². The molecule has 0 amide bonds. The Hall–Kier alpha value is -1.99. The average Bonchev–Trinajstić information content (AvgIpc) is 2.88. The molecule has 3 unspecified atom stereocenters. The summed E-state index contributed by atoms with van der Waals surface area (Å²) in [6, 6.07) is -0.271. The molecule has 2 N–H and O–H groups in total. The lowest BCUT2D eigenvalue weighted by Gasteiger charge is -2.16. The van der Waals surface area contributed by atoms with E-state index in [4.69, 9.17) is 9.84 Å². The molecule has 22 heavy (non-hydrogen) atoms. The maximum atomic E-state index is 11.8. The number of carbonyl (C=O) groups is 1. The number of carboxylic acids is 1. The van der Waals surface area contributed by atoms with Gasteiger partial charge in [-0.2, -0.15) is 0 Å². The minimum atomic E-state index is -3.24. The van der Waals surface area contributed by atoms with Crippen LogP contribution in [0.4, 0.5) is 0 Å². The fraction of sp³-hybridized carbons (Fsp3) is 0.583. The third-order valence-electron chi connectivity index (χ3n) is 3.62. The fourth-order valence-corrected chi connectivity index (χ4v) is 2.98. The Balaban J connectivity index is 2.13. The number of hydrogen-bond acceptors (Lipinski definition) is 6. The summed E-state index contributed by atoms with van der Waals surface area (Å²) in [7, 11) is -3.24. The molecule has 0 spiro atoms. The van der Waals surface area contributed by atoms with Crippen molar-refractivity contribution in [2.45, 2.75) is 44.2 Å². The topological polar surface area (TPSA) is 136 Å². The third kappa shape index (κ3) is 3.42.